The number of ether oxygens (including phenoxy) is 6. The molecule has 0 aliphatic carbocycles. The van der Waals surface area contributed by atoms with Gasteiger partial charge in [-0.3, -0.25) is 33.6 Å². The van der Waals surface area contributed by atoms with Gasteiger partial charge in [-0.2, -0.15) is 0 Å². The van der Waals surface area contributed by atoms with E-state index in [4.69, 9.17) is 14.2 Å². The molecule has 19 heteroatoms. The summed E-state index contributed by atoms with van der Waals surface area (Å²) in [6.45, 7) is -1.31. The largest absolute Gasteiger partial charge is 0.478 e. The summed E-state index contributed by atoms with van der Waals surface area (Å²) in [4.78, 5) is 86.7. The number of esters is 4. The van der Waals surface area contributed by atoms with E-state index in [1.54, 1.807) is 0 Å². The number of imidazole rings is 1. The van der Waals surface area contributed by atoms with E-state index in [0.717, 1.165) is 35.1 Å². The van der Waals surface area contributed by atoms with Gasteiger partial charge >= 0.3 is 29.6 Å². The van der Waals surface area contributed by atoms with Crippen molar-refractivity contribution in [3.63, 3.8) is 0 Å². The van der Waals surface area contributed by atoms with E-state index in [1.165, 1.54) is 25.0 Å². The van der Waals surface area contributed by atoms with E-state index in [0.29, 0.717) is 0 Å². The van der Waals surface area contributed by atoms with Crippen LogP contribution >= 0.6 is 0 Å². The molecule has 0 bridgehead atoms. The fourth-order valence-electron chi connectivity index (χ4n) is 3.52. The van der Waals surface area contributed by atoms with Gasteiger partial charge in [0.2, 0.25) is 13.6 Å². The zero-order valence-electron chi connectivity index (χ0n) is 23.2. The summed E-state index contributed by atoms with van der Waals surface area (Å²) in [6, 6.07) is 1.97. The molecule has 2 heterocycles. The Kier molecular flexibility index (Phi) is 10.2. The number of aromatic nitrogens is 4. The Hall–Kier alpha value is -5.75. The maximum Gasteiger partial charge on any atom is 0.347 e. The molecule has 0 spiro atoms. The lowest BCUT2D eigenvalue weighted by Crippen LogP contribution is -2.39. The summed E-state index contributed by atoms with van der Waals surface area (Å²) in [5.74, 6) is -4.12. The average Bonchev–Trinajstić information content (AvgIpc) is 3.32. The van der Waals surface area contributed by atoms with E-state index in [1.807, 2.05) is 0 Å². The zero-order valence-corrected chi connectivity index (χ0v) is 23.2. The number of benzene rings is 1. The number of aryl methyl sites for hydroxylation is 1. The minimum absolute atomic E-state index is 0.0442. The smallest absolute Gasteiger partial charge is 0.347 e. The first-order valence-corrected chi connectivity index (χ1v) is 12.1. The highest BCUT2D eigenvalue weighted by Crippen LogP contribution is 2.35. The van der Waals surface area contributed by atoms with E-state index < -0.39 is 79.1 Å². The van der Waals surface area contributed by atoms with Crippen LogP contribution in [0.1, 0.15) is 19.4 Å². The van der Waals surface area contributed by atoms with Crippen LogP contribution < -0.4 is 20.7 Å². The quantitative estimate of drug-likeness (QED) is 0.101. The zero-order chi connectivity index (χ0) is 31.8. The molecule has 0 unspecified atom stereocenters. The number of nitrogens with zero attached hydrogens (tertiary/aromatic N) is 5. The van der Waals surface area contributed by atoms with Crippen LogP contribution in [0.5, 0.6) is 11.5 Å². The van der Waals surface area contributed by atoms with Crippen LogP contribution in [0, 0.1) is 10.1 Å². The molecule has 0 amide bonds. The van der Waals surface area contributed by atoms with Crippen LogP contribution in [-0.2, 0) is 58.8 Å². The van der Waals surface area contributed by atoms with Gasteiger partial charge in [0.25, 0.3) is 11.2 Å². The molecule has 0 radical (unpaired) electrons. The molecular formula is C24H25N5O14. The van der Waals surface area contributed by atoms with Crippen molar-refractivity contribution in [2.45, 2.75) is 20.4 Å². The van der Waals surface area contributed by atoms with Crippen molar-refractivity contribution in [1.82, 2.24) is 18.7 Å². The fourth-order valence-corrected chi connectivity index (χ4v) is 3.52. The fraction of sp³-hybridized carbons (Fsp3) is 0.375. The molecular weight excluding hydrogens is 582 g/mol. The Bertz CT molecular complexity index is 1700. The second kappa shape index (κ2) is 13.7. The van der Waals surface area contributed by atoms with Crippen molar-refractivity contribution in [3.05, 3.63) is 55.0 Å². The predicted molar refractivity (Wildman–Crippen MR) is 139 cm³/mol. The highest BCUT2D eigenvalue weighted by Gasteiger charge is 2.24. The maximum atomic E-state index is 13.0. The van der Waals surface area contributed by atoms with Crippen molar-refractivity contribution in [2.75, 3.05) is 26.8 Å². The molecule has 0 saturated carbocycles. The lowest BCUT2D eigenvalue weighted by Gasteiger charge is -2.15. The van der Waals surface area contributed by atoms with E-state index in [2.05, 4.69) is 19.2 Å². The number of nitro groups is 1. The summed E-state index contributed by atoms with van der Waals surface area (Å²) in [5.41, 5.74) is -2.16. The molecule has 0 N–H and O–H groups in total. The van der Waals surface area contributed by atoms with Crippen LogP contribution in [0.15, 0.2) is 28.0 Å². The van der Waals surface area contributed by atoms with Crippen LogP contribution in [0.2, 0.25) is 0 Å². The number of carbonyl (C=O) groups excluding carboxylic acids is 4. The summed E-state index contributed by atoms with van der Waals surface area (Å²) < 4.78 is 32.3. The monoisotopic (exact) mass is 607 g/mol. The second-order valence-corrected chi connectivity index (χ2v) is 8.56. The van der Waals surface area contributed by atoms with Crippen LogP contribution in [-0.4, -0.2) is 74.3 Å². The predicted octanol–water partition coefficient (Wildman–Crippen LogP) is -0.725. The van der Waals surface area contributed by atoms with Gasteiger partial charge < -0.3 is 33.0 Å². The highest BCUT2D eigenvalue weighted by atomic mass is 16.7. The van der Waals surface area contributed by atoms with Gasteiger partial charge in [-0.05, 0) is 6.07 Å². The van der Waals surface area contributed by atoms with Crippen molar-refractivity contribution in [2.24, 2.45) is 14.1 Å². The molecule has 0 aliphatic rings. The first-order valence-electron chi connectivity index (χ1n) is 12.1. The lowest BCUT2D eigenvalue weighted by molar-refractivity contribution is -0.385. The van der Waals surface area contributed by atoms with Crippen molar-refractivity contribution in [3.8, 4) is 11.5 Å². The Morgan fingerprint density at radius 3 is 1.93 bits per heavy atom. The van der Waals surface area contributed by atoms with E-state index in [9.17, 15) is 38.9 Å². The molecule has 3 rings (SSSR count). The lowest BCUT2D eigenvalue weighted by atomic mass is 10.1. The van der Waals surface area contributed by atoms with Crippen molar-refractivity contribution < 1.29 is 52.5 Å². The van der Waals surface area contributed by atoms with Gasteiger partial charge in [-0.25, -0.2) is 19.4 Å². The van der Waals surface area contributed by atoms with E-state index in [-0.39, 0.29) is 28.2 Å². The normalized spacial score (nSPS) is 10.6. The van der Waals surface area contributed by atoms with Gasteiger partial charge in [-0.1, -0.05) is 0 Å². The van der Waals surface area contributed by atoms with Crippen LogP contribution in [0.3, 0.4) is 0 Å². The van der Waals surface area contributed by atoms with Gasteiger partial charge in [-0.15, -0.1) is 0 Å². The molecule has 0 aliphatic heterocycles. The molecule has 2 aromatic heterocycles. The van der Waals surface area contributed by atoms with Crippen molar-refractivity contribution >= 4 is 40.7 Å². The molecule has 1 aromatic carbocycles. The van der Waals surface area contributed by atoms with Crippen LogP contribution in [0.25, 0.3) is 11.2 Å². The maximum absolute atomic E-state index is 13.0. The Balaban J connectivity index is 1.99. The molecule has 0 fully saturated rings. The molecule has 0 atom stereocenters. The third kappa shape index (κ3) is 7.93. The Morgan fingerprint density at radius 2 is 1.42 bits per heavy atom. The Labute approximate surface area is 240 Å². The molecule has 230 valence electrons. The van der Waals surface area contributed by atoms with Crippen molar-refractivity contribution in [1.29, 1.82) is 0 Å². The standard InChI is InChI=1S/C24H25N5O14/c1-13(30)40-11-42-19(32)8-38-17-5-15(7-28-22-21(26(3)10-25-22)23(34)27(4)24(28)35)16(29(36)37)6-18(17)39-9-20(33)43-12-41-14(2)31/h5-6,10H,7-9,11-12H2,1-4H3. The summed E-state index contributed by atoms with van der Waals surface area (Å²) in [5, 5.41) is 12.0. The second-order valence-electron chi connectivity index (χ2n) is 8.56. The summed E-state index contributed by atoms with van der Waals surface area (Å²) in [6.07, 6.45) is 1.30. The number of carbonyl (C=O) groups is 4. The summed E-state index contributed by atoms with van der Waals surface area (Å²) >= 11 is 0. The van der Waals surface area contributed by atoms with Crippen LogP contribution in [0.4, 0.5) is 5.69 Å². The molecule has 19 nitrogen and oxygen atoms in total. The number of hydrogen-bond acceptors (Lipinski definition) is 15. The molecule has 0 saturated heterocycles. The molecule has 3 aromatic rings. The minimum atomic E-state index is -1.02. The SMILES string of the molecule is CC(=O)OCOC(=O)COc1cc(Cn2c(=O)n(C)c(=O)c3c2ncn3C)c([N+](=O)[O-])cc1OCC(=O)OCOC(C)=O. The minimum Gasteiger partial charge on any atom is -0.478 e. The first kappa shape index (κ1) is 31.8. The number of fused-ring (bicyclic) bond motifs is 1. The topological polar surface area (TPSA) is 229 Å². The summed E-state index contributed by atoms with van der Waals surface area (Å²) in [7, 11) is 2.76. The van der Waals surface area contributed by atoms with Gasteiger partial charge in [0.1, 0.15) is 0 Å². The molecule has 43 heavy (non-hydrogen) atoms. The third-order valence-electron chi connectivity index (χ3n) is 5.52. The Morgan fingerprint density at radius 1 is 0.884 bits per heavy atom. The van der Waals surface area contributed by atoms with Gasteiger partial charge in [0.15, 0.2) is 35.9 Å². The first-order chi connectivity index (χ1) is 20.3. The number of rotatable bonds is 13. The third-order valence-corrected chi connectivity index (χ3v) is 5.52. The van der Waals surface area contributed by atoms with E-state index >= 15 is 0 Å². The van der Waals surface area contributed by atoms with Gasteiger partial charge in [0, 0.05) is 27.9 Å². The number of nitro benzene ring substituents is 1. The number of hydrogen-bond donors (Lipinski definition) is 0. The average molecular weight is 607 g/mol. The van der Waals surface area contributed by atoms with Gasteiger partial charge in [0.05, 0.1) is 29.4 Å². The highest BCUT2D eigenvalue weighted by molar-refractivity contribution is 5.73.